The second-order valence-corrected chi connectivity index (χ2v) is 7.67. The van der Waals surface area contributed by atoms with Crippen LogP contribution in [0.3, 0.4) is 0 Å². The first-order valence-electron chi connectivity index (χ1n) is 5.99. The number of fused-ring (bicyclic) bond motifs is 1. The molecule has 0 radical (unpaired) electrons. The number of halogens is 1. The Morgan fingerprint density at radius 2 is 2.10 bits per heavy atom. The highest BCUT2D eigenvalue weighted by molar-refractivity contribution is 7.88. The van der Waals surface area contributed by atoms with Gasteiger partial charge in [-0.05, 0) is 12.1 Å². The van der Waals surface area contributed by atoms with E-state index in [-0.39, 0.29) is 19.0 Å². The van der Waals surface area contributed by atoms with E-state index in [1.807, 2.05) is 6.07 Å². The normalized spacial score (nSPS) is 11.7. The number of carbonyl (C=O) groups is 1. The number of amides is 1. The molecule has 2 rings (SSSR count). The quantitative estimate of drug-likeness (QED) is 0.712. The van der Waals surface area contributed by atoms with Crippen LogP contribution in [0.5, 0.6) is 0 Å². The monoisotopic (exact) mass is 347 g/mol. The minimum absolute atomic E-state index is 0.121. The van der Waals surface area contributed by atoms with Crippen LogP contribution in [0.2, 0.25) is 5.02 Å². The maximum Gasteiger partial charge on any atom is 0.263 e. The second kappa shape index (κ2) is 6.18. The van der Waals surface area contributed by atoms with Gasteiger partial charge >= 0.3 is 0 Å². The Labute approximate surface area is 131 Å². The third-order valence-electron chi connectivity index (χ3n) is 2.68. The summed E-state index contributed by atoms with van der Waals surface area (Å²) in [6, 6.07) is 5.34. The first-order valence-corrected chi connectivity index (χ1v) is 9.07. The molecular formula is C12H14ClN3O3S2. The largest absolute Gasteiger partial charge is 0.397 e. The lowest BCUT2D eigenvalue weighted by Crippen LogP contribution is -2.34. The maximum atomic E-state index is 12.1. The first-order chi connectivity index (χ1) is 9.79. The van der Waals surface area contributed by atoms with Crippen LogP contribution in [-0.4, -0.2) is 33.7 Å². The Kier molecular flexibility index (Phi) is 4.72. The van der Waals surface area contributed by atoms with Gasteiger partial charge in [0.25, 0.3) is 5.91 Å². The predicted molar refractivity (Wildman–Crippen MR) is 86.4 cm³/mol. The van der Waals surface area contributed by atoms with Crippen LogP contribution in [0.25, 0.3) is 10.1 Å². The first kappa shape index (κ1) is 16.0. The van der Waals surface area contributed by atoms with E-state index in [0.29, 0.717) is 21.0 Å². The number of nitrogens with two attached hydrogens (primary N) is 1. The van der Waals surface area contributed by atoms with Crippen molar-refractivity contribution in [3.8, 4) is 0 Å². The summed E-state index contributed by atoms with van der Waals surface area (Å²) < 4.78 is 24.9. The number of thiophene rings is 1. The fraction of sp³-hybridized carbons (Fsp3) is 0.250. The van der Waals surface area contributed by atoms with Crippen molar-refractivity contribution in [2.75, 3.05) is 25.1 Å². The number of hydrogen-bond donors (Lipinski definition) is 3. The number of benzene rings is 1. The molecule has 0 atom stereocenters. The number of carbonyl (C=O) groups excluding carboxylic acids is 1. The molecule has 1 amide bonds. The van der Waals surface area contributed by atoms with Crippen molar-refractivity contribution in [1.82, 2.24) is 10.0 Å². The molecule has 1 heterocycles. The topological polar surface area (TPSA) is 101 Å². The van der Waals surface area contributed by atoms with E-state index in [1.165, 1.54) is 11.3 Å². The van der Waals surface area contributed by atoms with Gasteiger partial charge in [-0.1, -0.05) is 17.7 Å². The van der Waals surface area contributed by atoms with Crippen molar-refractivity contribution in [1.29, 1.82) is 0 Å². The summed E-state index contributed by atoms with van der Waals surface area (Å²) in [5, 5.41) is 3.78. The minimum atomic E-state index is -3.26. The molecule has 9 heteroatoms. The standard InChI is InChI=1S/C12H14ClN3O3S2/c1-21(18,19)16-6-5-15-12(17)11-10(14)9-7(13)3-2-4-8(9)20-11/h2-4,16H,5-6,14H2,1H3,(H,15,17). The van der Waals surface area contributed by atoms with E-state index in [0.717, 1.165) is 11.0 Å². The second-order valence-electron chi connectivity index (χ2n) is 4.38. The van der Waals surface area contributed by atoms with E-state index >= 15 is 0 Å². The summed E-state index contributed by atoms with van der Waals surface area (Å²) in [6.07, 6.45) is 1.06. The third kappa shape index (κ3) is 3.85. The van der Waals surface area contributed by atoms with Crippen LogP contribution in [0, 0.1) is 0 Å². The van der Waals surface area contributed by atoms with Crippen LogP contribution in [0.15, 0.2) is 18.2 Å². The van der Waals surface area contributed by atoms with Crippen molar-refractivity contribution in [3.05, 3.63) is 28.1 Å². The molecule has 0 unspecified atom stereocenters. The molecule has 0 fully saturated rings. The minimum Gasteiger partial charge on any atom is -0.397 e. The average molecular weight is 348 g/mol. The Balaban J connectivity index is 2.10. The molecule has 1 aromatic heterocycles. The predicted octanol–water partition coefficient (Wildman–Crippen LogP) is 1.42. The Hall–Kier alpha value is -1.35. The zero-order chi connectivity index (χ0) is 15.6. The summed E-state index contributed by atoms with van der Waals surface area (Å²) >= 11 is 7.33. The summed E-state index contributed by atoms with van der Waals surface area (Å²) in [5.74, 6) is -0.347. The van der Waals surface area contributed by atoms with E-state index < -0.39 is 10.0 Å². The van der Waals surface area contributed by atoms with Crippen molar-refractivity contribution in [3.63, 3.8) is 0 Å². The molecule has 6 nitrogen and oxygen atoms in total. The fourth-order valence-electron chi connectivity index (χ4n) is 1.79. The number of nitrogens with one attached hydrogen (secondary N) is 2. The number of nitrogen functional groups attached to an aromatic ring is 1. The molecule has 0 aliphatic carbocycles. The van der Waals surface area contributed by atoms with Gasteiger partial charge in [0.05, 0.1) is 17.0 Å². The van der Waals surface area contributed by atoms with Crippen LogP contribution in [0.1, 0.15) is 9.67 Å². The Morgan fingerprint density at radius 1 is 1.38 bits per heavy atom. The van der Waals surface area contributed by atoms with E-state index in [9.17, 15) is 13.2 Å². The zero-order valence-corrected chi connectivity index (χ0v) is 13.5. The average Bonchev–Trinajstić information content (AvgIpc) is 2.72. The van der Waals surface area contributed by atoms with E-state index in [4.69, 9.17) is 17.3 Å². The third-order valence-corrected chi connectivity index (χ3v) is 4.90. The molecule has 0 spiro atoms. The Morgan fingerprint density at radius 3 is 2.71 bits per heavy atom. The number of hydrogen-bond acceptors (Lipinski definition) is 5. The summed E-state index contributed by atoms with van der Waals surface area (Å²) in [5.41, 5.74) is 6.31. The SMILES string of the molecule is CS(=O)(=O)NCCNC(=O)c1sc2cccc(Cl)c2c1N. The highest BCUT2D eigenvalue weighted by Crippen LogP contribution is 2.37. The van der Waals surface area contributed by atoms with Crippen LogP contribution in [-0.2, 0) is 10.0 Å². The van der Waals surface area contributed by atoms with Gasteiger partial charge in [-0.25, -0.2) is 13.1 Å². The van der Waals surface area contributed by atoms with E-state index in [2.05, 4.69) is 10.0 Å². The van der Waals surface area contributed by atoms with Crippen LogP contribution < -0.4 is 15.8 Å². The van der Waals surface area contributed by atoms with Crippen LogP contribution >= 0.6 is 22.9 Å². The summed E-state index contributed by atoms with van der Waals surface area (Å²) in [4.78, 5) is 12.4. The number of sulfonamides is 1. The zero-order valence-electron chi connectivity index (χ0n) is 11.1. The number of anilines is 1. The highest BCUT2D eigenvalue weighted by atomic mass is 35.5. The van der Waals surface area contributed by atoms with Gasteiger partial charge in [0.1, 0.15) is 4.88 Å². The van der Waals surface area contributed by atoms with Crippen molar-refractivity contribution >= 4 is 54.6 Å². The smallest absolute Gasteiger partial charge is 0.263 e. The maximum absolute atomic E-state index is 12.1. The molecule has 0 aliphatic rings. The molecule has 0 aliphatic heterocycles. The lowest BCUT2D eigenvalue weighted by atomic mass is 10.2. The summed E-state index contributed by atoms with van der Waals surface area (Å²) in [7, 11) is -3.26. The lowest BCUT2D eigenvalue weighted by Gasteiger charge is -2.05. The molecule has 0 saturated heterocycles. The molecular weight excluding hydrogens is 334 g/mol. The van der Waals surface area contributed by atoms with Gasteiger partial charge in [-0.15, -0.1) is 11.3 Å². The molecule has 21 heavy (non-hydrogen) atoms. The molecule has 0 saturated carbocycles. The van der Waals surface area contributed by atoms with Gasteiger partial charge in [0.2, 0.25) is 10.0 Å². The molecule has 114 valence electrons. The highest BCUT2D eigenvalue weighted by Gasteiger charge is 2.17. The van der Waals surface area contributed by atoms with Crippen molar-refractivity contribution in [2.45, 2.75) is 0 Å². The van der Waals surface area contributed by atoms with Crippen molar-refractivity contribution in [2.24, 2.45) is 0 Å². The number of rotatable bonds is 5. The van der Waals surface area contributed by atoms with Crippen molar-refractivity contribution < 1.29 is 13.2 Å². The fourth-order valence-corrected chi connectivity index (χ4v) is 3.66. The lowest BCUT2D eigenvalue weighted by molar-refractivity contribution is 0.0959. The van der Waals surface area contributed by atoms with E-state index in [1.54, 1.807) is 12.1 Å². The Bertz CT molecular complexity index is 786. The molecule has 0 bridgehead atoms. The van der Waals surface area contributed by atoms with Gasteiger partial charge in [-0.2, -0.15) is 0 Å². The van der Waals surface area contributed by atoms with Gasteiger partial charge < -0.3 is 11.1 Å². The summed E-state index contributed by atoms with van der Waals surface area (Å²) in [6.45, 7) is 0.295. The van der Waals surface area contributed by atoms with Gasteiger partial charge in [0.15, 0.2) is 0 Å². The molecule has 2 aromatic rings. The van der Waals surface area contributed by atoms with Gasteiger partial charge in [-0.3, -0.25) is 4.79 Å². The van der Waals surface area contributed by atoms with Crippen LogP contribution in [0.4, 0.5) is 5.69 Å². The van der Waals surface area contributed by atoms with Gasteiger partial charge in [0, 0.05) is 23.2 Å². The molecule has 1 aromatic carbocycles. The molecule has 4 N–H and O–H groups in total.